The van der Waals surface area contributed by atoms with E-state index in [9.17, 15) is 16.8 Å². The quantitative estimate of drug-likeness (QED) is 0.453. The maximum Gasteiger partial charge on any atom is 0.397 e. The molecule has 0 fully saturated rings. The molecule has 0 heterocycles. The summed E-state index contributed by atoms with van der Waals surface area (Å²) in [6.45, 7) is 1.29. The maximum absolute atomic E-state index is 11.1. The highest BCUT2D eigenvalue weighted by Crippen LogP contribution is 2.24. The number of thioether (sulfide) groups is 1. The van der Waals surface area contributed by atoms with E-state index in [0.717, 1.165) is 11.8 Å². The normalized spacial score (nSPS) is 12.6. The second-order valence-corrected chi connectivity index (χ2v) is 7.15. The molecule has 1 rings (SSSR count). The zero-order valence-electron chi connectivity index (χ0n) is 9.81. The maximum atomic E-state index is 11.1. The van der Waals surface area contributed by atoms with Gasteiger partial charge in [0.15, 0.2) is 0 Å². The number of rotatable bonds is 6. The first kappa shape index (κ1) is 16.4. The highest BCUT2D eigenvalue weighted by Gasteiger charge is 2.13. The molecule has 10 heteroatoms. The topological polar surface area (TPSA) is 118 Å². The molecular weight excluding hydrogens is 316 g/mol. The molecule has 0 amide bonds. The summed E-state index contributed by atoms with van der Waals surface area (Å²) in [5.41, 5.74) is 0.404. The van der Waals surface area contributed by atoms with Gasteiger partial charge in [-0.25, -0.2) is 4.18 Å². The van der Waals surface area contributed by atoms with Crippen LogP contribution in [0.2, 0.25) is 0 Å². The molecule has 0 atom stereocenters. The van der Waals surface area contributed by atoms with E-state index >= 15 is 0 Å². The Morgan fingerprint density at radius 3 is 2.37 bits per heavy atom. The molecule has 0 unspecified atom stereocenters. The Balaban J connectivity index is 2.71. The van der Waals surface area contributed by atoms with Crippen LogP contribution in [0.1, 0.15) is 5.56 Å². The Morgan fingerprint density at radius 2 is 1.84 bits per heavy atom. The van der Waals surface area contributed by atoms with Crippen molar-refractivity contribution in [2.75, 3.05) is 12.4 Å². The first-order valence-electron chi connectivity index (χ1n) is 4.92. The first-order valence-corrected chi connectivity index (χ1v) is 8.71. The Hall–Kier alpha value is -0.650. The summed E-state index contributed by atoms with van der Waals surface area (Å²) >= 11 is 1.12. The van der Waals surface area contributed by atoms with Crippen molar-refractivity contribution in [3.63, 3.8) is 0 Å². The van der Waals surface area contributed by atoms with E-state index in [4.69, 9.17) is 9.11 Å². The van der Waals surface area contributed by atoms with Crippen LogP contribution in [0, 0.1) is 6.92 Å². The van der Waals surface area contributed by atoms with Gasteiger partial charge in [0, 0.05) is 10.6 Å². The van der Waals surface area contributed by atoms with Crippen LogP contribution < -0.4 is 0 Å². The monoisotopic (exact) mass is 328 g/mol. The smallest absolute Gasteiger partial charge is 0.282 e. The minimum absolute atomic E-state index is 0.188. The Morgan fingerprint density at radius 1 is 1.21 bits per heavy atom. The Labute approximate surface area is 115 Å². The van der Waals surface area contributed by atoms with E-state index < -0.39 is 20.5 Å². The first-order chi connectivity index (χ1) is 8.59. The van der Waals surface area contributed by atoms with Crippen molar-refractivity contribution >= 4 is 32.3 Å². The molecule has 1 aromatic carbocycles. The van der Waals surface area contributed by atoms with Crippen LogP contribution >= 0.6 is 11.8 Å². The fourth-order valence-electron chi connectivity index (χ4n) is 1.25. The van der Waals surface area contributed by atoms with Crippen LogP contribution in [-0.2, 0) is 24.7 Å². The van der Waals surface area contributed by atoms with E-state index in [0.29, 0.717) is 10.5 Å². The fourth-order valence-corrected chi connectivity index (χ4v) is 3.24. The number of hydrogen-bond donors (Lipinski definition) is 2. The zero-order valence-corrected chi connectivity index (χ0v) is 12.3. The van der Waals surface area contributed by atoms with Crippen LogP contribution in [0.25, 0.3) is 0 Å². The van der Waals surface area contributed by atoms with Gasteiger partial charge in [-0.15, -0.1) is 11.8 Å². The highest BCUT2D eigenvalue weighted by molar-refractivity contribution is 7.99. The van der Waals surface area contributed by atoms with Gasteiger partial charge in [0.05, 0.1) is 11.5 Å². The number of hydrogen-bond acceptors (Lipinski definition) is 6. The van der Waals surface area contributed by atoms with Crippen LogP contribution in [-0.4, -0.2) is 38.3 Å². The second kappa shape index (κ2) is 6.20. The van der Waals surface area contributed by atoms with Gasteiger partial charge in [0.2, 0.25) is 0 Å². The summed E-state index contributed by atoms with van der Waals surface area (Å²) in [6, 6.07) is 4.43. The highest BCUT2D eigenvalue weighted by atomic mass is 32.3. The molecule has 0 aromatic heterocycles. The fraction of sp³-hybridized carbons (Fsp3) is 0.333. The lowest BCUT2D eigenvalue weighted by Gasteiger charge is -2.06. The summed E-state index contributed by atoms with van der Waals surface area (Å²) < 4.78 is 64.2. The number of aryl methyl sites for hydroxylation is 1. The third kappa shape index (κ3) is 5.89. The summed E-state index contributed by atoms with van der Waals surface area (Å²) in [4.78, 5) is 0.324. The van der Waals surface area contributed by atoms with Crippen molar-refractivity contribution in [3.8, 4) is 0 Å². The predicted molar refractivity (Wildman–Crippen MR) is 69.2 cm³/mol. The molecule has 0 aliphatic carbocycles. The van der Waals surface area contributed by atoms with Crippen LogP contribution in [0.15, 0.2) is 28.0 Å². The lowest BCUT2D eigenvalue weighted by molar-refractivity contribution is 0.285. The number of benzene rings is 1. The van der Waals surface area contributed by atoms with E-state index in [1.165, 1.54) is 12.1 Å². The predicted octanol–water partition coefficient (Wildman–Crippen LogP) is 1.15. The van der Waals surface area contributed by atoms with Gasteiger partial charge in [0.1, 0.15) is 0 Å². The minimum atomic E-state index is -4.47. The van der Waals surface area contributed by atoms with Crippen LogP contribution in [0.3, 0.4) is 0 Å². The molecule has 7 nitrogen and oxygen atoms in total. The molecule has 0 bridgehead atoms. The standard InChI is InChI=1S/C9H12O7S3/c1-7-2-3-8(6-9(7)18(10,11)12)17-5-4-16-19(13,14)15/h2-3,6H,4-5H2,1H3,(H,10,11,12)(H,13,14,15). The second-order valence-electron chi connectivity index (χ2n) is 3.50. The molecule has 0 radical (unpaired) electrons. The molecule has 0 saturated carbocycles. The van der Waals surface area contributed by atoms with Gasteiger partial charge < -0.3 is 0 Å². The van der Waals surface area contributed by atoms with E-state index in [1.807, 2.05) is 0 Å². The molecule has 0 spiro atoms. The summed E-state index contributed by atoms with van der Waals surface area (Å²) in [5, 5.41) is 0. The van der Waals surface area contributed by atoms with Crippen molar-refractivity contribution in [3.05, 3.63) is 23.8 Å². The van der Waals surface area contributed by atoms with Gasteiger partial charge in [-0.1, -0.05) is 6.07 Å². The average Bonchev–Trinajstić information content (AvgIpc) is 2.23. The minimum Gasteiger partial charge on any atom is -0.282 e. The van der Waals surface area contributed by atoms with E-state index in [-0.39, 0.29) is 17.3 Å². The van der Waals surface area contributed by atoms with Crippen LogP contribution in [0.4, 0.5) is 0 Å². The Kier molecular flexibility index (Phi) is 5.35. The van der Waals surface area contributed by atoms with Crippen molar-refractivity contribution in [1.29, 1.82) is 0 Å². The summed E-state index contributed by atoms with van der Waals surface area (Å²) in [6.07, 6.45) is 0. The third-order valence-corrected chi connectivity index (χ3v) is 4.44. The molecule has 108 valence electrons. The van der Waals surface area contributed by atoms with Crippen molar-refractivity contribution in [2.45, 2.75) is 16.7 Å². The summed E-state index contributed by atoms with van der Waals surface area (Å²) in [5.74, 6) is 0.188. The largest absolute Gasteiger partial charge is 0.397 e. The van der Waals surface area contributed by atoms with Gasteiger partial charge in [-0.2, -0.15) is 16.8 Å². The third-order valence-electron chi connectivity index (χ3n) is 2.02. The lowest BCUT2D eigenvalue weighted by atomic mass is 10.2. The summed E-state index contributed by atoms with van der Waals surface area (Å²) in [7, 11) is -8.76. The van der Waals surface area contributed by atoms with Crippen molar-refractivity contribution in [1.82, 2.24) is 0 Å². The van der Waals surface area contributed by atoms with Crippen LogP contribution in [0.5, 0.6) is 0 Å². The SMILES string of the molecule is Cc1ccc(SCCOS(=O)(=O)O)cc1S(=O)(=O)O. The molecular formula is C9H12O7S3. The van der Waals surface area contributed by atoms with Gasteiger partial charge in [0.25, 0.3) is 10.1 Å². The average molecular weight is 328 g/mol. The van der Waals surface area contributed by atoms with Crippen molar-refractivity contribution in [2.24, 2.45) is 0 Å². The lowest BCUT2D eigenvalue weighted by Crippen LogP contribution is -2.06. The zero-order chi connectivity index (χ0) is 14.7. The molecule has 0 saturated heterocycles. The van der Waals surface area contributed by atoms with Gasteiger partial charge in [-0.05, 0) is 24.6 Å². The van der Waals surface area contributed by atoms with Gasteiger partial charge in [-0.3, -0.25) is 9.11 Å². The molecule has 0 aliphatic rings. The molecule has 1 aromatic rings. The van der Waals surface area contributed by atoms with E-state index in [2.05, 4.69) is 4.18 Å². The molecule has 19 heavy (non-hydrogen) atoms. The van der Waals surface area contributed by atoms with Crippen molar-refractivity contribution < 1.29 is 30.1 Å². The molecule has 0 aliphatic heterocycles. The molecule has 2 N–H and O–H groups in total. The Bertz CT molecular complexity index is 648. The van der Waals surface area contributed by atoms with Gasteiger partial charge >= 0.3 is 10.4 Å². The van der Waals surface area contributed by atoms with E-state index in [1.54, 1.807) is 13.0 Å².